The van der Waals surface area contributed by atoms with Crippen LogP contribution in [-0.4, -0.2) is 14.3 Å². The highest BCUT2D eigenvalue weighted by molar-refractivity contribution is 7.92. The molecule has 0 unspecified atom stereocenters. The van der Waals surface area contributed by atoms with E-state index < -0.39 is 15.9 Å². The molecular formula is C21H20F2N2O4S. The molecule has 2 aromatic carbocycles. The lowest BCUT2D eigenvalue weighted by Gasteiger charge is -2.15. The molecule has 3 aromatic rings. The number of aryl methyl sites for hydroxylation is 2. The predicted molar refractivity (Wildman–Crippen MR) is 109 cm³/mol. The highest BCUT2D eigenvalue weighted by Gasteiger charge is 2.25. The van der Waals surface area contributed by atoms with Crippen molar-refractivity contribution in [2.24, 2.45) is 0 Å². The summed E-state index contributed by atoms with van der Waals surface area (Å²) in [6.07, 6.45) is 1.40. The number of halogens is 2. The van der Waals surface area contributed by atoms with E-state index >= 15 is 0 Å². The van der Waals surface area contributed by atoms with Crippen LogP contribution in [0, 0.1) is 13.8 Å². The van der Waals surface area contributed by atoms with Crippen molar-refractivity contribution in [1.82, 2.24) is 0 Å². The molecule has 0 saturated carbocycles. The first-order valence-electron chi connectivity index (χ1n) is 8.94. The number of carbonyl (C=O) groups is 1. The Morgan fingerprint density at radius 3 is 2.37 bits per heavy atom. The average Bonchev–Trinajstić information content (AvgIpc) is 3.07. The maximum absolute atomic E-state index is 13.5. The molecule has 0 bridgehead atoms. The Morgan fingerprint density at radius 2 is 1.77 bits per heavy atom. The number of sulfonamides is 1. The quantitative estimate of drug-likeness (QED) is 0.568. The minimum absolute atomic E-state index is 0.0289. The number of amides is 1. The summed E-state index contributed by atoms with van der Waals surface area (Å²) in [5.41, 5.74) is 0.887. The minimum Gasteiger partial charge on any atom is -0.469 e. The van der Waals surface area contributed by atoms with Crippen molar-refractivity contribution in [1.29, 1.82) is 0 Å². The molecule has 0 aliphatic rings. The van der Waals surface area contributed by atoms with Gasteiger partial charge in [0.2, 0.25) is 0 Å². The maximum Gasteiger partial charge on any atom is 0.270 e. The molecule has 30 heavy (non-hydrogen) atoms. The van der Waals surface area contributed by atoms with Crippen molar-refractivity contribution in [2.45, 2.75) is 31.6 Å². The van der Waals surface area contributed by atoms with Crippen LogP contribution in [0.1, 0.15) is 34.2 Å². The van der Waals surface area contributed by atoms with E-state index in [1.807, 2.05) is 0 Å². The minimum atomic E-state index is -4.02. The number of benzene rings is 2. The summed E-state index contributed by atoms with van der Waals surface area (Å²) < 4.78 is 59.9. The largest absolute Gasteiger partial charge is 0.469 e. The van der Waals surface area contributed by atoms with Gasteiger partial charge in [0.25, 0.3) is 21.9 Å². The van der Waals surface area contributed by atoms with Gasteiger partial charge in [0.1, 0.15) is 5.76 Å². The Kier molecular flexibility index (Phi) is 5.67. The molecular weight excluding hydrogens is 414 g/mol. The van der Waals surface area contributed by atoms with E-state index in [9.17, 15) is 22.0 Å². The number of hydrogen-bond donors (Lipinski definition) is 2. The van der Waals surface area contributed by atoms with E-state index in [-0.39, 0.29) is 22.1 Å². The van der Waals surface area contributed by atoms with Crippen LogP contribution in [-0.2, 0) is 15.9 Å². The van der Waals surface area contributed by atoms with Crippen LogP contribution in [0.25, 0.3) is 0 Å². The summed E-state index contributed by atoms with van der Waals surface area (Å²) in [5.74, 6) is -3.01. The molecule has 158 valence electrons. The van der Waals surface area contributed by atoms with Crippen LogP contribution in [0.2, 0.25) is 0 Å². The first-order valence-corrected chi connectivity index (χ1v) is 10.4. The Labute approximate surface area is 173 Å². The monoisotopic (exact) mass is 434 g/mol. The number of rotatable bonds is 6. The first kappa shape index (κ1) is 21.5. The zero-order chi connectivity index (χ0) is 22.1. The van der Waals surface area contributed by atoms with E-state index in [4.69, 9.17) is 4.42 Å². The Hall–Kier alpha value is -3.20. The summed E-state index contributed by atoms with van der Waals surface area (Å²) in [6, 6.07) is 10.9. The SMILES string of the molecule is Cc1cc(NC(=O)c2ccoc2C)ccc1S(=O)(=O)Nc1cccc(C(C)(F)F)c1. The molecule has 3 rings (SSSR count). The Morgan fingerprint density at radius 1 is 1.03 bits per heavy atom. The molecule has 0 atom stereocenters. The Bertz CT molecular complexity index is 1200. The van der Waals surface area contributed by atoms with Gasteiger partial charge in [0.15, 0.2) is 0 Å². The maximum atomic E-state index is 13.5. The van der Waals surface area contributed by atoms with Gasteiger partial charge < -0.3 is 9.73 Å². The summed E-state index contributed by atoms with van der Waals surface area (Å²) in [6.45, 7) is 3.97. The van der Waals surface area contributed by atoms with Crippen molar-refractivity contribution in [2.75, 3.05) is 10.0 Å². The second-order valence-corrected chi connectivity index (χ2v) is 8.55. The third-order valence-electron chi connectivity index (χ3n) is 4.45. The van der Waals surface area contributed by atoms with Crippen LogP contribution >= 0.6 is 0 Å². The average molecular weight is 434 g/mol. The van der Waals surface area contributed by atoms with Gasteiger partial charge in [-0.1, -0.05) is 12.1 Å². The van der Waals surface area contributed by atoms with E-state index in [2.05, 4.69) is 10.0 Å². The van der Waals surface area contributed by atoms with Gasteiger partial charge in [-0.2, -0.15) is 0 Å². The normalized spacial score (nSPS) is 11.9. The summed E-state index contributed by atoms with van der Waals surface area (Å²) in [4.78, 5) is 12.2. The summed E-state index contributed by atoms with van der Waals surface area (Å²) in [5, 5.41) is 2.68. The molecule has 1 amide bonds. The van der Waals surface area contributed by atoms with Gasteiger partial charge in [-0.25, -0.2) is 17.2 Å². The highest BCUT2D eigenvalue weighted by Crippen LogP contribution is 2.30. The van der Waals surface area contributed by atoms with E-state index in [0.29, 0.717) is 22.6 Å². The third kappa shape index (κ3) is 4.68. The van der Waals surface area contributed by atoms with Crippen LogP contribution in [0.15, 0.2) is 64.1 Å². The lowest BCUT2D eigenvalue weighted by atomic mass is 10.1. The summed E-state index contributed by atoms with van der Waals surface area (Å²) >= 11 is 0. The standard InChI is InChI=1S/C21H20F2N2O4S/c1-13-11-16(24-20(26)18-9-10-29-14(18)2)7-8-19(13)30(27,28)25-17-6-4-5-15(12-17)21(3,22)23/h4-12,25H,1-3H3,(H,24,26). The van der Waals surface area contributed by atoms with Gasteiger partial charge >= 0.3 is 0 Å². The molecule has 9 heteroatoms. The molecule has 0 spiro atoms. The molecule has 0 aliphatic carbocycles. The number of furan rings is 1. The number of carbonyl (C=O) groups excluding carboxylic acids is 1. The van der Waals surface area contributed by atoms with Gasteiger partial charge in [0.05, 0.1) is 16.7 Å². The molecule has 0 fully saturated rings. The molecule has 0 radical (unpaired) electrons. The second kappa shape index (κ2) is 7.91. The van der Waals surface area contributed by atoms with Crippen LogP contribution in [0.5, 0.6) is 0 Å². The van der Waals surface area contributed by atoms with Crippen molar-refractivity contribution in [3.05, 3.63) is 77.2 Å². The van der Waals surface area contributed by atoms with Crippen molar-refractivity contribution < 1.29 is 26.4 Å². The first-order chi connectivity index (χ1) is 14.0. The van der Waals surface area contributed by atoms with Crippen molar-refractivity contribution >= 4 is 27.3 Å². The molecule has 6 nitrogen and oxygen atoms in total. The van der Waals surface area contributed by atoms with Gasteiger partial charge in [-0.3, -0.25) is 9.52 Å². The number of hydrogen-bond acceptors (Lipinski definition) is 4. The number of alkyl halides is 2. The van der Waals surface area contributed by atoms with Crippen LogP contribution < -0.4 is 10.0 Å². The third-order valence-corrected chi connectivity index (χ3v) is 5.99. The van der Waals surface area contributed by atoms with Crippen molar-refractivity contribution in [3.8, 4) is 0 Å². The zero-order valence-corrected chi connectivity index (χ0v) is 17.3. The second-order valence-electron chi connectivity index (χ2n) is 6.90. The number of anilines is 2. The Balaban J connectivity index is 1.82. The topological polar surface area (TPSA) is 88.4 Å². The zero-order valence-electron chi connectivity index (χ0n) is 16.5. The number of nitrogens with one attached hydrogen (secondary N) is 2. The van der Waals surface area contributed by atoms with Gasteiger partial charge in [-0.15, -0.1) is 0 Å². The molecule has 0 saturated heterocycles. The molecule has 0 aliphatic heterocycles. The predicted octanol–water partition coefficient (Wildman–Crippen LogP) is 5.06. The van der Waals surface area contributed by atoms with Crippen LogP contribution in [0.3, 0.4) is 0 Å². The highest BCUT2D eigenvalue weighted by atomic mass is 32.2. The van der Waals surface area contributed by atoms with Gasteiger partial charge in [0, 0.05) is 23.9 Å². The molecule has 1 heterocycles. The van der Waals surface area contributed by atoms with Gasteiger partial charge in [-0.05, 0) is 55.8 Å². The summed E-state index contributed by atoms with van der Waals surface area (Å²) in [7, 11) is -4.02. The van der Waals surface area contributed by atoms with E-state index in [1.54, 1.807) is 13.8 Å². The lowest BCUT2D eigenvalue weighted by Crippen LogP contribution is -2.16. The smallest absolute Gasteiger partial charge is 0.270 e. The van der Waals surface area contributed by atoms with Crippen LogP contribution in [0.4, 0.5) is 20.2 Å². The fourth-order valence-electron chi connectivity index (χ4n) is 2.91. The van der Waals surface area contributed by atoms with E-state index in [0.717, 1.165) is 13.0 Å². The van der Waals surface area contributed by atoms with E-state index in [1.165, 1.54) is 48.7 Å². The fourth-order valence-corrected chi connectivity index (χ4v) is 4.19. The van der Waals surface area contributed by atoms with Crippen molar-refractivity contribution in [3.63, 3.8) is 0 Å². The molecule has 1 aromatic heterocycles. The fraction of sp³-hybridized carbons (Fsp3) is 0.190. The lowest BCUT2D eigenvalue weighted by molar-refractivity contribution is 0.0175. The molecule has 2 N–H and O–H groups in total.